The van der Waals surface area contributed by atoms with Gasteiger partial charge in [0.1, 0.15) is 5.82 Å². The normalized spacial score (nSPS) is 22.3. The Morgan fingerprint density at radius 3 is 3.00 bits per heavy atom. The lowest BCUT2D eigenvalue weighted by Gasteiger charge is -2.30. The Balaban J connectivity index is 2.02. The summed E-state index contributed by atoms with van der Waals surface area (Å²) in [7, 11) is 0. The molecule has 1 aliphatic rings. The van der Waals surface area contributed by atoms with Crippen LogP contribution in [0.2, 0.25) is 0 Å². The van der Waals surface area contributed by atoms with Crippen molar-refractivity contribution >= 4 is 27.7 Å². The first-order chi connectivity index (χ1) is 7.63. The molecule has 1 aliphatic heterocycles. The number of halogens is 2. The number of rotatable bonds is 2. The summed E-state index contributed by atoms with van der Waals surface area (Å²) in [6.07, 6.45) is 0. The van der Waals surface area contributed by atoms with Crippen molar-refractivity contribution in [3.63, 3.8) is 0 Å². The molecule has 1 unspecified atom stereocenters. The van der Waals surface area contributed by atoms with Crippen molar-refractivity contribution in [3.05, 3.63) is 34.1 Å². The molecule has 0 bridgehead atoms. The van der Waals surface area contributed by atoms with Crippen molar-refractivity contribution in [2.45, 2.75) is 18.7 Å². The third-order valence-corrected chi connectivity index (χ3v) is 4.25. The molecule has 16 heavy (non-hydrogen) atoms. The van der Waals surface area contributed by atoms with Crippen LogP contribution in [0.4, 0.5) is 4.39 Å². The van der Waals surface area contributed by atoms with E-state index in [4.69, 9.17) is 0 Å². The molecule has 4 heteroatoms. The Bertz CT molecular complexity index is 352. The van der Waals surface area contributed by atoms with E-state index in [0.717, 1.165) is 29.7 Å². The van der Waals surface area contributed by atoms with E-state index in [1.807, 2.05) is 17.8 Å². The zero-order valence-corrected chi connectivity index (χ0v) is 11.7. The summed E-state index contributed by atoms with van der Waals surface area (Å²) in [5, 5.41) is 0.686. The number of benzene rings is 1. The fraction of sp³-hybridized carbons (Fsp3) is 0.500. The van der Waals surface area contributed by atoms with Crippen molar-refractivity contribution in [3.8, 4) is 0 Å². The molecule has 0 aromatic heterocycles. The van der Waals surface area contributed by atoms with E-state index in [1.54, 1.807) is 6.07 Å². The van der Waals surface area contributed by atoms with E-state index >= 15 is 0 Å². The molecule has 0 spiro atoms. The fourth-order valence-electron chi connectivity index (χ4n) is 1.99. The molecule has 1 nitrogen and oxygen atoms in total. The molecule has 1 aromatic rings. The molecule has 88 valence electrons. The van der Waals surface area contributed by atoms with Crippen molar-refractivity contribution in [2.24, 2.45) is 0 Å². The summed E-state index contributed by atoms with van der Waals surface area (Å²) in [4.78, 5) is 2.39. The number of nitrogens with zero attached hydrogens (tertiary/aromatic N) is 1. The van der Waals surface area contributed by atoms with Gasteiger partial charge in [0.05, 0.1) is 0 Å². The van der Waals surface area contributed by atoms with Gasteiger partial charge >= 0.3 is 0 Å². The van der Waals surface area contributed by atoms with Crippen LogP contribution in [0, 0.1) is 5.82 Å². The standard InChI is InChI=1S/C12H15BrFNS/c1-9-7-15(2-3-16-9)8-10-4-11(13)6-12(14)5-10/h4-6,9H,2-3,7-8H2,1H3. The Hall–Kier alpha value is -0.0600. The maximum Gasteiger partial charge on any atom is 0.124 e. The monoisotopic (exact) mass is 303 g/mol. The first-order valence-corrected chi connectivity index (χ1v) is 7.26. The first kappa shape index (κ1) is 12.4. The van der Waals surface area contributed by atoms with Gasteiger partial charge in [0.15, 0.2) is 0 Å². The average molecular weight is 304 g/mol. The van der Waals surface area contributed by atoms with E-state index in [9.17, 15) is 4.39 Å². The van der Waals surface area contributed by atoms with Gasteiger partial charge < -0.3 is 0 Å². The van der Waals surface area contributed by atoms with E-state index < -0.39 is 0 Å². The highest BCUT2D eigenvalue weighted by Gasteiger charge is 2.16. The van der Waals surface area contributed by atoms with E-state index in [2.05, 4.69) is 27.8 Å². The SMILES string of the molecule is CC1CN(Cc2cc(F)cc(Br)c2)CCS1. The fourth-order valence-corrected chi connectivity index (χ4v) is 3.59. The zero-order valence-electron chi connectivity index (χ0n) is 9.25. The van der Waals surface area contributed by atoms with Gasteiger partial charge in [-0.2, -0.15) is 11.8 Å². The molecule has 1 atom stereocenters. The maximum absolute atomic E-state index is 13.2. The Morgan fingerprint density at radius 1 is 1.50 bits per heavy atom. The lowest BCUT2D eigenvalue weighted by Crippen LogP contribution is -2.36. The average Bonchev–Trinajstić information content (AvgIpc) is 2.15. The molecule has 0 radical (unpaired) electrons. The van der Waals surface area contributed by atoms with Gasteiger partial charge in [-0.1, -0.05) is 22.9 Å². The minimum Gasteiger partial charge on any atom is -0.297 e. The zero-order chi connectivity index (χ0) is 11.5. The second kappa shape index (κ2) is 5.52. The van der Waals surface area contributed by atoms with E-state index in [-0.39, 0.29) is 5.82 Å². The predicted molar refractivity (Wildman–Crippen MR) is 71.3 cm³/mol. The van der Waals surface area contributed by atoms with Crippen LogP contribution in [0.5, 0.6) is 0 Å². The van der Waals surface area contributed by atoms with Crippen molar-refractivity contribution in [2.75, 3.05) is 18.8 Å². The quantitative estimate of drug-likeness (QED) is 0.822. The summed E-state index contributed by atoms with van der Waals surface area (Å²) in [5.41, 5.74) is 1.05. The highest BCUT2D eigenvalue weighted by molar-refractivity contribution is 9.10. The summed E-state index contributed by atoms with van der Waals surface area (Å²) >= 11 is 5.34. The van der Waals surface area contributed by atoms with Crippen molar-refractivity contribution < 1.29 is 4.39 Å². The van der Waals surface area contributed by atoms with E-state index in [0.29, 0.717) is 5.25 Å². The molecule has 1 saturated heterocycles. The Morgan fingerprint density at radius 2 is 2.31 bits per heavy atom. The van der Waals surface area contributed by atoms with Gasteiger partial charge in [-0.05, 0) is 23.8 Å². The van der Waals surface area contributed by atoms with Crippen molar-refractivity contribution in [1.82, 2.24) is 4.90 Å². The molecule has 1 fully saturated rings. The van der Waals surface area contributed by atoms with Gasteiger partial charge in [-0.25, -0.2) is 4.39 Å². The number of hydrogen-bond acceptors (Lipinski definition) is 2. The van der Waals surface area contributed by atoms with Crippen LogP contribution in [-0.2, 0) is 6.54 Å². The predicted octanol–water partition coefficient (Wildman–Crippen LogP) is 3.53. The molecule has 2 rings (SSSR count). The molecular formula is C12H15BrFNS. The minimum absolute atomic E-state index is 0.163. The minimum atomic E-state index is -0.163. The van der Waals surface area contributed by atoms with Crippen molar-refractivity contribution in [1.29, 1.82) is 0 Å². The molecule has 1 heterocycles. The third-order valence-electron chi connectivity index (χ3n) is 2.65. The number of hydrogen-bond donors (Lipinski definition) is 0. The first-order valence-electron chi connectivity index (χ1n) is 5.42. The summed E-state index contributed by atoms with van der Waals surface area (Å²) < 4.78 is 14.0. The molecule has 0 N–H and O–H groups in total. The van der Waals surface area contributed by atoms with Crippen LogP contribution >= 0.6 is 27.7 Å². The van der Waals surface area contributed by atoms with E-state index in [1.165, 1.54) is 11.8 Å². The molecule has 0 saturated carbocycles. The van der Waals surface area contributed by atoms with Gasteiger partial charge in [0.25, 0.3) is 0 Å². The third kappa shape index (κ3) is 3.47. The lowest BCUT2D eigenvalue weighted by molar-refractivity contribution is 0.278. The van der Waals surface area contributed by atoms with Gasteiger partial charge in [0.2, 0.25) is 0 Å². The van der Waals surface area contributed by atoms with Gasteiger partial charge in [0, 0.05) is 35.1 Å². The van der Waals surface area contributed by atoms with Crippen LogP contribution in [0.3, 0.4) is 0 Å². The smallest absolute Gasteiger partial charge is 0.124 e. The topological polar surface area (TPSA) is 3.24 Å². The number of thioether (sulfide) groups is 1. The highest BCUT2D eigenvalue weighted by atomic mass is 79.9. The maximum atomic E-state index is 13.2. The summed E-state index contributed by atoms with van der Waals surface area (Å²) in [6, 6.07) is 5.12. The van der Waals surface area contributed by atoms with Gasteiger partial charge in [-0.15, -0.1) is 0 Å². The second-order valence-corrected chi connectivity index (χ2v) is 6.66. The molecular weight excluding hydrogens is 289 g/mol. The largest absolute Gasteiger partial charge is 0.297 e. The molecule has 0 amide bonds. The summed E-state index contributed by atoms with van der Waals surface area (Å²) in [5.74, 6) is 1.02. The van der Waals surface area contributed by atoms with Crippen LogP contribution in [-0.4, -0.2) is 29.0 Å². The second-order valence-electron chi connectivity index (χ2n) is 4.19. The Kier molecular flexibility index (Phi) is 4.27. The molecule has 1 aromatic carbocycles. The van der Waals surface area contributed by atoms with Gasteiger partial charge in [-0.3, -0.25) is 4.90 Å². The van der Waals surface area contributed by atoms with Crippen LogP contribution < -0.4 is 0 Å². The Labute approximate surface area is 109 Å². The van der Waals surface area contributed by atoms with Crippen LogP contribution in [0.15, 0.2) is 22.7 Å². The van der Waals surface area contributed by atoms with Crippen LogP contribution in [0.1, 0.15) is 12.5 Å². The molecule has 0 aliphatic carbocycles. The van der Waals surface area contributed by atoms with Crippen LogP contribution in [0.25, 0.3) is 0 Å². The highest BCUT2D eigenvalue weighted by Crippen LogP contribution is 2.21. The lowest BCUT2D eigenvalue weighted by atomic mass is 10.2. The summed E-state index contributed by atoms with van der Waals surface area (Å²) in [6.45, 7) is 5.29.